The maximum atomic E-state index is 5.92. The number of benzene rings is 1. The standard InChI is InChI=1S/C14H21NO2/c1-14(2)7-6-11-10-12(16-9-3-8-15)4-5-13(11)17-14/h4-5,10H,3,6-9,15H2,1-2H3. The molecule has 0 unspecified atom stereocenters. The minimum absolute atomic E-state index is 0.0467. The summed E-state index contributed by atoms with van der Waals surface area (Å²) in [4.78, 5) is 0. The van der Waals surface area contributed by atoms with Gasteiger partial charge in [0.25, 0.3) is 0 Å². The molecule has 0 fully saturated rings. The molecule has 1 aliphatic rings. The van der Waals surface area contributed by atoms with Gasteiger partial charge in [0.1, 0.15) is 17.1 Å². The molecular formula is C14H21NO2. The normalized spacial score (nSPS) is 17.1. The van der Waals surface area contributed by atoms with Crippen molar-refractivity contribution in [3.05, 3.63) is 23.8 Å². The van der Waals surface area contributed by atoms with Gasteiger partial charge in [0.05, 0.1) is 6.61 Å². The van der Waals surface area contributed by atoms with Crippen LogP contribution in [0, 0.1) is 0 Å². The lowest BCUT2D eigenvalue weighted by Gasteiger charge is -2.32. The quantitative estimate of drug-likeness (QED) is 0.816. The molecule has 2 rings (SSSR count). The smallest absolute Gasteiger partial charge is 0.123 e. The van der Waals surface area contributed by atoms with E-state index in [2.05, 4.69) is 19.9 Å². The number of nitrogens with two attached hydrogens (primary N) is 1. The summed E-state index contributed by atoms with van der Waals surface area (Å²) in [5, 5.41) is 0. The number of aryl methyl sites for hydroxylation is 1. The molecule has 94 valence electrons. The van der Waals surface area contributed by atoms with Crippen LogP contribution in [0.2, 0.25) is 0 Å². The number of hydrogen-bond donors (Lipinski definition) is 1. The fourth-order valence-corrected chi connectivity index (χ4v) is 2.00. The molecule has 0 amide bonds. The number of rotatable bonds is 4. The Labute approximate surface area is 103 Å². The number of hydrogen-bond acceptors (Lipinski definition) is 3. The Bertz CT molecular complexity index is 388. The van der Waals surface area contributed by atoms with Crippen LogP contribution >= 0.6 is 0 Å². The molecule has 3 heteroatoms. The lowest BCUT2D eigenvalue weighted by Crippen LogP contribution is -2.32. The average molecular weight is 235 g/mol. The highest BCUT2D eigenvalue weighted by atomic mass is 16.5. The van der Waals surface area contributed by atoms with Gasteiger partial charge in [0, 0.05) is 0 Å². The molecule has 0 saturated heterocycles. The second-order valence-electron chi connectivity index (χ2n) is 5.12. The van der Waals surface area contributed by atoms with Gasteiger partial charge in [-0.3, -0.25) is 0 Å². The summed E-state index contributed by atoms with van der Waals surface area (Å²) in [6.45, 7) is 5.60. The largest absolute Gasteiger partial charge is 0.494 e. The molecule has 0 bridgehead atoms. The molecule has 1 aromatic carbocycles. The first-order valence-corrected chi connectivity index (χ1v) is 6.25. The molecule has 3 nitrogen and oxygen atoms in total. The van der Waals surface area contributed by atoms with Crippen molar-refractivity contribution in [2.75, 3.05) is 13.2 Å². The third-order valence-electron chi connectivity index (χ3n) is 3.03. The second kappa shape index (κ2) is 4.96. The Morgan fingerprint density at radius 3 is 3.00 bits per heavy atom. The fourth-order valence-electron chi connectivity index (χ4n) is 2.00. The Balaban J connectivity index is 2.05. The van der Waals surface area contributed by atoms with Gasteiger partial charge in [-0.15, -0.1) is 0 Å². The van der Waals surface area contributed by atoms with Gasteiger partial charge in [-0.25, -0.2) is 0 Å². The molecule has 0 spiro atoms. The SMILES string of the molecule is CC1(C)CCc2cc(OCCCN)ccc2O1. The molecule has 0 aliphatic carbocycles. The van der Waals surface area contributed by atoms with Crippen molar-refractivity contribution in [1.29, 1.82) is 0 Å². The summed E-state index contributed by atoms with van der Waals surface area (Å²) < 4.78 is 11.6. The maximum absolute atomic E-state index is 5.92. The minimum Gasteiger partial charge on any atom is -0.494 e. The summed E-state index contributed by atoms with van der Waals surface area (Å²) in [7, 11) is 0. The van der Waals surface area contributed by atoms with E-state index in [1.165, 1.54) is 5.56 Å². The van der Waals surface area contributed by atoms with Crippen molar-refractivity contribution >= 4 is 0 Å². The summed E-state index contributed by atoms with van der Waals surface area (Å²) >= 11 is 0. The molecule has 2 N–H and O–H groups in total. The van der Waals surface area contributed by atoms with E-state index in [-0.39, 0.29) is 5.60 Å². The van der Waals surface area contributed by atoms with Crippen LogP contribution in [0.5, 0.6) is 11.5 Å². The van der Waals surface area contributed by atoms with Crippen molar-refractivity contribution < 1.29 is 9.47 Å². The zero-order valence-corrected chi connectivity index (χ0v) is 10.7. The molecular weight excluding hydrogens is 214 g/mol. The highest BCUT2D eigenvalue weighted by molar-refractivity contribution is 5.42. The molecule has 0 radical (unpaired) electrons. The first kappa shape index (κ1) is 12.2. The third-order valence-corrected chi connectivity index (χ3v) is 3.03. The van der Waals surface area contributed by atoms with Gasteiger partial charge in [-0.2, -0.15) is 0 Å². The number of ether oxygens (including phenoxy) is 2. The van der Waals surface area contributed by atoms with Gasteiger partial charge in [-0.05, 0) is 63.4 Å². The minimum atomic E-state index is -0.0467. The van der Waals surface area contributed by atoms with Crippen LogP contribution in [-0.4, -0.2) is 18.8 Å². The average Bonchev–Trinajstić information content (AvgIpc) is 2.29. The highest BCUT2D eigenvalue weighted by Crippen LogP contribution is 2.34. The predicted octanol–water partition coefficient (Wildman–Crippen LogP) is 2.52. The lowest BCUT2D eigenvalue weighted by molar-refractivity contribution is 0.0844. The topological polar surface area (TPSA) is 44.5 Å². The van der Waals surface area contributed by atoms with E-state index < -0.39 is 0 Å². The molecule has 1 aliphatic heterocycles. The predicted molar refractivity (Wildman–Crippen MR) is 68.6 cm³/mol. The van der Waals surface area contributed by atoms with E-state index >= 15 is 0 Å². The van der Waals surface area contributed by atoms with Crippen molar-refractivity contribution in [2.45, 2.75) is 38.7 Å². The van der Waals surface area contributed by atoms with Crippen LogP contribution in [0.3, 0.4) is 0 Å². The molecule has 0 atom stereocenters. The Hall–Kier alpha value is -1.22. The zero-order valence-electron chi connectivity index (χ0n) is 10.7. The third kappa shape index (κ3) is 3.13. The van der Waals surface area contributed by atoms with E-state index in [4.69, 9.17) is 15.2 Å². The monoisotopic (exact) mass is 235 g/mol. The lowest BCUT2D eigenvalue weighted by atomic mass is 9.94. The van der Waals surface area contributed by atoms with Crippen LogP contribution in [0.15, 0.2) is 18.2 Å². The van der Waals surface area contributed by atoms with Gasteiger partial charge in [0.15, 0.2) is 0 Å². The van der Waals surface area contributed by atoms with Gasteiger partial charge in [-0.1, -0.05) is 0 Å². The van der Waals surface area contributed by atoms with Crippen LogP contribution in [0.1, 0.15) is 32.3 Å². The van der Waals surface area contributed by atoms with Crippen LogP contribution in [0.25, 0.3) is 0 Å². The molecule has 1 heterocycles. The summed E-state index contributed by atoms with van der Waals surface area (Å²) in [6, 6.07) is 6.06. The van der Waals surface area contributed by atoms with Crippen molar-refractivity contribution in [3.8, 4) is 11.5 Å². The Kier molecular flexibility index (Phi) is 3.57. The van der Waals surface area contributed by atoms with Crippen LogP contribution < -0.4 is 15.2 Å². The molecule has 0 aromatic heterocycles. The zero-order chi connectivity index (χ0) is 12.3. The van der Waals surface area contributed by atoms with E-state index in [0.717, 1.165) is 30.8 Å². The van der Waals surface area contributed by atoms with Gasteiger partial charge >= 0.3 is 0 Å². The van der Waals surface area contributed by atoms with Crippen molar-refractivity contribution in [3.63, 3.8) is 0 Å². The van der Waals surface area contributed by atoms with Gasteiger partial charge in [0.2, 0.25) is 0 Å². The first-order chi connectivity index (χ1) is 8.11. The molecule has 0 saturated carbocycles. The highest BCUT2D eigenvalue weighted by Gasteiger charge is 2.26. The summed E-state index contributed by atoms with van der Waals surface area (Å²) in [5.41, 5.74) is 6.63. The second-order valence-corrected chi connectivity index (χ2v) is 5.12. The van der Waals surface area contributed by atoms with E-state index in [1.54, 1.807) is 0 Å². The van der Waals surface area contributed by atoms with E-state index in [1.807, 2.05) is 12.1 Å². The Morgan fingerprint density at radius 2 is 2.24 bits per heavy atom. The van der Waals surface area contributed by atoms with E-state index in [9.17, 15) is 0 Å². The first-order valence-electron chi connectivity index (χ1n) is 6.25. The van der Waals surface area contributed by atoms with Crippen molar-refractivity contribution in [1.82, 2.24) is 0 Å². The van der Waals surface area contributed by atoms with Crippen molar-refractivity contribution in [2.24, 2.45) is 5.73 Å². The fraction of sp³-hybridized carbons (Fsp3) is 0.571. The van der Waals surface area contributed by atoms with Crippen LogP contribution in [-0.2, 0) is 6.42 Å². The summed E-state index contributed by atoms with van der Waals surface area (Å²) in [5.74, 6) is 1.91. The summed E-state index contributed by atoms with van der Waals surface area (Å²) in [6.07, 6.45) is 2.99. The molecule has 17 heavy (non-hydrogen) atoms. The Morgan fingerprint density at radius 1 is 1.41 bits per heavy atom. The maximum Gasteiger partial charge on any atom is 0.123 e. The molecule has 1 aromatic rings. The van der Waals surface area contributed by atoms with Gasteiger partial charge < -0.3 is 15.2 Å². The van der Waals surface area contributed by atoms with E-state index in [0.29, 0.717) is 13.2 Å². The number of fused-ring (bicyclic) bond motifs is 1. The van der Waals surface area contributed by atoms with Crippen LogP contribution in [0.4, 0.5) is 0 Å².